The van der Waals surface area contributed by atoms with Crippen molar-refractivity contribution < 1.29 is 14.5 Å². The van der Waals surface area contributed by atoms with E-state index in [-0.39, 0.29) is 32.3 Å². The first-order chi connectivity index (χ1) is 10.5. The Morgan fingerprint density at radius 2 is 2.05 bits per heavy atom. The lowest BCUT2D eigenvalue weighted by atomic mass is 10.2. The van der Waals surface area contributed by atoms with E-state index in [1.807, 2.05) is 0 Å². The Labute approximate surface area is 136 Å². The fraction of sp³-hybridized carbons (Fsp3) is 0. The highest BCUT2D eigenvalue weighted by Gasteiger charge is 2.29. The van der Waals surface area contributed by atoms with Gasteiger partial charge in [0.1, 0.15) is 5.02 Å². The molecule has 0 atom stereocenters. The quantitative estimate of drug-likeness (QED) is 0.420. The van der Waals surface area contributed by atoms with E-state index >= 15 is 0 Å². The predicted molar refractivity (Wildman–Crippen MR) is 82.1 cm³/mol. The van der Waals surface area contributed by atoms with Gasteiger partial charge in [-0.1, -0.05) is 27.5 Å². The van der Waals surface area contributed by atoms with Crippen molar-refractivity contribution in [2.75, 3.05) is 5.32 Å². The topological polar surface area (TPSA) is 108 Å². The van der Waals surface area contributed by atoms with Gasteiger partial charge in [0.2, 0.25) is 5.52 Å². The van der Waals surface area contributed by atoms with Crippen LogP contribution >= 0.6 is 27.5 Å². The number of aromatic nitrogens is 2. The van der Waals surface area contributed by atoms with Crippen molar-refractivity contribution in [3.05, 3.63) is 55.1 Å². The first-order valence-corrected chi connectivity index (χ1v) is 7.03. The van der Waals surface area contributed by atoms with Crippen molar-refractivity contribution in [2.45, 2.75) is 0 Å². The summed E-state index contributed by atoms with van der Waals surface area (Å²) in [4.78, 5) is 10.8. The number of hydrogen-bond donors (Lipinski definition) is 1. The second-order valence-electron chi connectivity index (χ2n) is 4.27. The van der Waals surface area contributed by atoms with Crippen molar-refractivity contribution in [3.8, 4) is 0 Å². The number of nitro benzene ring substituents is 1. The molecule has 0 aliphatic heterocycles. The Kier molecular flexibility index (Phi) is 3.59. The zero-order chi connectivity index (χ0) is 15.9. The molecular formula is C12H6BrClN4O4. The van der Waals surface area contributed by atoms with E-state index < -0.39 is 4.92 Å². The molecule has 8 nitrogen and oxygen atoms in total. The molecule has 112 valence electrons. The number of rotatable bonds is 3. The van der Waals surface area contributed by atoms with Crippen LogP contribution in [0.2, 0.25) is 5.02 Å². The second kappa shape index (κ2) is 5.43. The molecule has 22 heavy (non-hydrogen) atoms. The van der Waals surface area contributed by atoms with E-state index in [4.69, 9.17) is 11.6 Å². The molecule has 0 saturated carbocycles. The molecular weight excluding hydrogens is 380 g/mol. The molecule has 0 spiro atoms. The summed E-state index contributed by atoms with van der Waals surface area (Å²) in [6, 6.07) is 8.06. The highest BCUT2D eigenvalue weighted by Crippen LogP contribution is 2.39. The summed E-state index contributed by atoms with van der Waals surface area (Å²) < 4.78 is 5.33. The van der Waals surface area contributed by atoms with Gasteiger partial charge in [-0.2, -0.15) is 0 Å². The van der Waals surface area contributed by atoms with Crippen LogP contribution in [-0.4, -0.2) is 10.1 Å². The molecule has 2 aromatic carbocycles. The highest BCUT2D eigenvalue weighted by atomic mass is 79.9. The molecule has 1 aromatic heterocycles. The third-order valence-electron chi connectivity index (χ3n) is 2.90. The van der Waals surface area contributed by atoms with E-state index in [9.17, 15) is 15.3 Å². The molecule has 1 heterocycles. The number of nitro groups is 1. The Balaban J connectivity index is 2.22. The Morgan fingerprint density at radius 1 is 1.36 bits per heavy atom. The van der Waals surface area contributed by atoms with Gasteiger partial charge in [-0.25, -0.2) is 0 Å². The van der Waals surface area contributed by atoms with Crippen LogP contribution < -0.4 is 10.2 Å². The minimum atomic E-state index is -0.646. The van der Waals surface area contributed by atoms with Gasteiger partial charge in [0.25, 0.3) is 5.52 Å². The number of nitrogens with one attached hydrogen (secondary N) is 1. The molecule has 0 saturated heterocycles. The summed E-state index contributed by atoms with van der Waals surface area (Å²) in [5.41, 5.74) is 0.193. The fourth-order valence-electron chi connectivity index (χ4n) is 1.94. The first-order valence-electron chi connectivity index (χ1n) is 5.86. The van der Waals surface area contributed by atoms with Gasteiger partial charge >= 0.3 is 5.69 Å². The predicted octanol–water partition coefficient (Wildman–Crippen LogP) is 3.53. The van der Waals surface area contributed by atoms with Gasteiger partial charge in [-0.05, 0) is 29.2 Å². The molecule has 0 radical (unpaired) electrons. The van der Waals surface area contributed by atoms with Crippen molar-refractivity contribution in [3.63, 3.8) is 0 Å². The van der Waals surface area contributed by atoms with Crippen molar-refractivity contribution in [2.24, 2.45) is 0 Å². The minimum Gasteiger partial charge on any atom is -0.359 e. The third kappa shape index (κ3) is 2.44. The van der Waals surface area contributed by atoms with Crippen LogP contribution in [0.4, 0.5) is 17.1 Å². The maximum absolute atomic E-state index is 11.5. The van der Waals surface area contributed by atoms with E-state index in [2.05, 4.69) is 31.0 Å². The van der Waals surface area contributed by atoms with Crippen LogP contribution in [0.5, 0.6) is 0 Å². The lowest BCUT2D eigenvalue weighted by molar-refractivity contribution is -0.782. The summed E-state index contributed by atoms with van der Waals surface area (Å²) in [6.45, 7) is 0. The number of fused-ring (bicyclic) bond motifs is 1. The average Bonchev–Trinajstić information content (AvgIpc) is 2.82. The summed E-state index contributed by atoms with van der Waals surface area (Å²) in [7, 11) is 0. The number of hydrogen-bond acceptors (Lipinski definition) is 6. The number of benzene rings is 2. The van der Waals surface area contributed by atoms with Crippen LogP contribution in [0.25, 0.3) is 11.0 Å². The standard InChI is InChI=1S/C12H6BrClN4O4/c13-6-1-3-7(4-2-6)15-11-10-9(18(21)22-16-10)5-8(14)12(11)17(19)20/h1-5,15H. The lowest BCUT2D eigenvalue weighted by Gasteiger charge is -2.07. The number of anilines is 2. The van der Waals surface area contributed by atoms with E-state index in [1.54, 1.807) is 24.3 Å². The van der Waals surface area contributed by atoms with Crippen LogP contribution in [-0.2, 0) is 0 Å². The van der Waals surface area contributed by atoms with Crippen molar-refractivity contribution in [1.29, 1.82) is 0 Å². The van der Waals surface area contributed by atoms with Gasteiger partial charge in [-0.3, -0.25) is 14.7 Å². The molecule has 1 N–H and O–H groups in total. The summed E-state index contributed by atoms with van der Waals surface area (Å²) in [5.74, 6) is 0. The Hall–Kier alpha value is -2.39. The summed E-state index contributed by atoms with van der Waals surface area (Å²) in [5, 5.41) is 29.0. The molecule has 0 fully saturated rings. The first kappa shape index (κ1) is 14.5. The second-order valence-corrected chi connectivity index (χ2v) is 5.59. The fourth-order valence-corrected chi connectivity index (χ4v) is 2.48. The van der Waals surface area contributed by atoms with Gasteiger partial charge in [0.15, 0.2) is 5.69 Å². The molecule has 0 aliphatic rings. The number of nitrogens with zero attached hydrogens (tertiary/aromatic N) is 3. The van der Waals surface area contributed by atoms with Crippen LogP contribution in [0.15, 0.2) is 39.4 Å². The van der Waals surface area contributed by atoms with Crippen molar-refractivity contribution in [1.82, 2.24) is 5.16 Å². The maximum atomic E-state index is 11.5. The van der Waals surface area contributed by atoms with Crippen LogP contribution in [0, 0.1) is 15.3 Å². The maximum Gasteiger partial charge on any atom is 0.316 e. The van der Waals surface area contributed by atoms with E-state index in [0.717, 1.165) is 10.5 Å². The monoisotopic (exact) mass is 384 g/mol. The van der Waals surface area contributed by atoms with Crippen LogP contribution in [0.3, 0.4) is 0 Å². The van der Waals surface area contributed by atoms with Gasteiger partial charge in [0.05, 0.1) is 4.92 Å². The highest BCUT2D eigenvalue weighted by molar-refractivity contribution is 9.10. The molecule has 10 heteroatoms. The van der Waals surface area contributed by atoms with Crippen LogP contribution in [0.1, 0.15) is 0 Å². The SMILES string of the molecule is O=[N+]([O-])c1c(Cl)cc2c(no[n+]2[O-])c1Nc1ccc(Br)cc1. The Morgan fingerprint density at radius 3 is 2.68 bits per heavy atom. The Bertz CT molecular complexity index is 881. The summed E-state index contributed by atoms with van der Waals surface area (Å²) in [6.07, 6.45) is 0. The average molecular weight is 386 g/mol. The van der Waals surface area contributed by atoms with E-state index in [1.165, 1.54) is 0 Å². The van der Waals surface area contributed by atoms with Crippen molar-refractivity contribution >= 4 is 55.6 Å². The normalized spacial score (nSPS) is 10.8. The molecule has 0 aliphatic carbocycles. The van der Waals surface area contributed by atoms with Gasteiger partial charge < -0.3 is 10.5 Å². The number of halogens is 2. The van der Waals surface area contributed by atoms with E-state index in [0.29, 0.717) is 5.69 Å². The molecule has 0 unspecified atom stereocenters. The largest absolute Gasteiger partial charge is 0.359 e. The smallest absolute Gasteiger partial charge is 0.316 e. The molecule has 3 aromatic rings. The molecule has 3 rings (SSSR count). The molecule has 0 bridgehead atoms. The summed E-state index contributed by atoms with van der Waals surface area (Å²) >= 11 is 9.21. The van der Waals surface area contributed by atoms with Gasteiger partial charge in [0, 0.05) is 21.4 Å². The molecule has 0 amide bonds. The zero-order valence-corrected chi connectivity index (χ0v) is 13.0. The minimum absolute atomic E-state index is 0.00443. The zero-order valence-electron chi connectivity index (χ0n) is 10.6. The van der Waals surface area contributed by atoms with Gasteiger partial charge in [-0.15, -0.1) is 0 Å². The third-order valence-corrected chi connectivity index (χ3v) is 3.72. The lowest BCUT2D eigenvalue weighted by Crippen LogP contribution is -2.22.